The van der Waals surface area contributed by atoms with Crippen molar-refractivity contribution in [1.29, 1.82) is 0 Å². The fourth-order valence-electron chi connectivity index (χ4n) is 1.55. The molecule has 2 aromatic rings. The van der Waals surface area contributed by atoms with Gasteiger partial charge in [0.1, 0.15) is 5.69 Å². The van der Waals surface area contributed by atoms with Crippen LogP contribution in [0.2, 0.25) is 0 Å². The van der Waals surface area contributed by atoms with Gasteiger partial charge in [-0.25, -0.2) is 0 Å². The average Bonchev–Trinajstić information content (AvgIpc) is 2.99. The van der Waals surface area contributed by atoms with Gasteiger partial charge in [-0.1, -0.05) is 11.2 Å². The molecule has 0 radical (unpaired) electrons. The lowest BCUT2D eigenvalue weighted by atomic mass is 10.2. The Kier molecular flexibility index (Phi) is 1.80. The van der Waals surface area contributed by atoms with Crippen LogP contribution in [0.25, 0.3) is 11.5 Å². The van der Waals surface area contributed by atoms with E-state index in [0.717, 1.165) is 17.1 Å². The van der Waals surface area contributed by atoms with Crippen LogP contribution in [-0.2, 0) is 0 Å². The van der Waals surface area contributed by atoms with E-state index in [2.05, 4.69) is 15.1 Å². The third kappa shape index (κ3) is 1.52. The highest BCUT2D eigenvalue weighted by molar-refractivity contribution is 5.53. The van der Waals surface area contributed by atoms with E-state index >= 15 is 0 Å². The van der Waals surface area contributed by atoms with Crippen LogP contribution in [0.3, 0.4) is 0 Å². The van der Waals surface area contributed by atoms with E-state index in [1.807, 2.05) is 19.1 Å². The Balaban J connectivity index is 2.01. The maximum Gasteiger partial charge on any atom is 0.230 e. The monoisotopic (exact) mass is 201 g/mol. The lowest BCUT2D eigenvalue weighted by molar-refractivity contribution is 0.380. The predicted octanol–water partition coefficient (Wildman–Crippen LogP) is 2.32. The Labute approximate surface area is 87.3 Å². The van der Waals surface area contributed by atoms with E-state index in [9.17, 15) is 0 Å². The molecular formula is C11H11N3O. The molecule has 0 amide bonds. The molecule has 0 saturated heterocycles. The molecule has 0 N–H and O–H groups in total. The van der Waals surface area contributed by atoms with Crippen molar-refractivity contribution in [3.8, 4) is 11.5 Å². The van der Waals surface area contributed by atoms with Crippen LogP contribution < -0.4 is 0 Å². The molecule has 0 aliphatic heterocycles. The molecule has 2 aromatic heterocycles. The number of pyridine rings is 1. The van der Waals surface area contributed by atoms with Crippen LogP contribution in [0.4, 0.5) is 0 Å². The van der Waals surface area contributed by atoms with Crippen molar-refractivity contribution < 1.29 is 4.52 Å². The quantitative estimate of drug-likeness (QED) is 0.748. The Morgan fingerprint density at radius 3 is 3.00 bits per heavy atom. The average molecular weight is 201 g/mol. The van der Waals surface area contributed by atoms with Crippen molar-refractivity contribution >= 4 is 0 Å². The van der Waals surface area contributed by atoms with Crippen molar-refractivity contribution in [3.63, 3.8) is 0 Å². The summed E-state index contributed by atoms with van der Waals surface area (Å²) in [5.74, 6) is 1.86. The zero-order valence-corrected chi connectivity index (χ0v) is 8.47. The van der Waals surface area contributed by atoms with Gasteiger partial charge < -0.3 is 4.52 Å². The highest BCUT2D eigenvalue weighted by atomic mass is 16.5. The first-order chi connectivity index (χ1) is 7.34. The number of nitrogens with zero attached hydrogens (tertiary/aromatic N) is 3. The Morgan fingerprint density at radius 1 is 1.40 bits per heavy atom. The second-order valence-electron chi connectivity index (χ2n) is 3.90. The molecule has 0 aromatic carbocycles. The molecule has 76 valence electrons. The maximum absolute atomic E-state index is 5.20. The first-order valence-electron chi connectivity index (χ1n) is 5.10. The standard InChI is InChI=1S/C11H11N3O/c1-7-3-2-6-12-9(7)10-13-11(15-14-10)8-4-5-8/h2-3,6,8H,4-5H2,1H3. The molecule has 15 heavy (non-hydrogen) atoms. The zero-order chi connectivity index (χ0) is 10.3. The fraction of sp³-hybridized carbons (Fsp3) is 0.364. The number of aromatic nitrogens is 3. The van der Waals surface area contributed by atoms with E-state index in [0.29, 0.717) is 11.7 Å². The Bertz CT molecular complexity index is 488. The molecule has 2 heterocycles. The lowest BCUT2D eigenvalue weighted by Gasteiger charge is -1.96. The molecule has 4 heteroatoms. The van der Waals surface area contributed by atoms with Crippen LogP contribution in [0.5, 0.6) is 0 Å². The Hall–Kier alpha value is -1.71. The van der Waals surface area contributed by atoms with E-state index < -0.39 is 0 Å². The van der Waals surface area contributed by atoms with Crippen LogP contribution >= 0.6 is 0 Å². The fourth-order valence-corrected chi connectivity index (χ4v) is 1.55. The van der Waals surface area contributed by atoms with Crippen LogP contribution in [0.15, 0.2) is 22.9 Å². The maximum atomic E-state index is 5.20. The topological polar surface area (TPSA) is 51.8 Å². The SMILES string of the molecule is Cc1cccnc1-c1noc(C2CC2)n1. The molecular weight excluding hydrogens is 190 g/mol. The van der Waals surface area contributed by atoms with Gasteiger partial charge in [-0.3, -0.25) is 4.98 Å². The first kappa shape index (κ1) is 8.59. The summed E-state index contributed by atoms with van der Waals surface area (Å²) in [5, 5.41) is 3.96. The largest absolute Gasteiger partial charge is 0.339 e. The summed E-state index contributed by atoms with van der Waals surface area (Å²) in [4.78, 5) is 8.62. The van der Waals surface area contributed by atoms with Crippen LogP contribution in [0, 0.1) is 6.92 Å². The summed E-state index contributed by atoms with van der Waals surface area (Å²) >= 11 is 0. The molecule has 0 bridgehead atoms. The molecule has 1 fully saturated rings. The van der Waals surface area contributed by atoms with Gasteiger partial charge in [0.05, 0.1) is 0 Å². The van der Waals surface area contributed by atoms with Crippen LogP contribution in [0.1, 0.15) is 30.2 Å². The van der Waals surface area contributed by atoms with Gasteiger partial charge in [0.15, 0.2) is 0 Å². The molecule has 0 unspecified atom stereocenters. The van der Waals surface area contributed by atoms with Crippen molar-refractivity contribution in [2.75, 3.05) is 0 Å². The summed E-state index contributed by atoms with van der Waals surface area (Å²) < 4.78 is 5.20. The summed E-state index contributed by atoms with van der Waals surface area (Å²) in [6.07, 6.45) is 4.08. The van der Waals surface area contributed by atoms with E-state index in [1.54, 1.807) is 6.20 Å². The normalized spacial score (nSPS) is 15.5. The summed E-state index contributed by atoms with van der Waals surface area (Å²) in [5.41, 5.74) is 1.88. The molecule has 4 nitrogen and oxygen atoms in total. The van der Waals surface area contributed by atoms with E-state index in [1.165, 1.54) is 12.8 Å². The summed E-state index contributed by atoms with van der Waals surface area (Å²) in [6, 6.07) is 3.90. The van der Waals surface area contributed by atoms with Gasteiger partial charge in [-0.15, -0.1) is 0 Å². The Morgan fingerprint density at radius 2 is 2.27 bits per heavy atom. The molecule has 0 spiro atoms. The van der Waals surface area contributed by atoms with Gasteiger partial charge in [0.25, 0.3) is 0 Å². The van der Waals surface area contributed by atoms with Crippen LogP contribution in [-0.4, -0.2) is 15.1 Å². The molecule has 3 rings (SSSR count). The second-order valence-corrected chi connectivity index (χ2v) is 3.90. The minimum atomic E-state index is 0.496. The summed E-state index contributed by atoms with van der Waals surface area (Å²) in [7, 11) is 0. The number of rotatable bonds is 2. The molecule has 1 aliphatic rings. The minimum Gasteiger partial charge on any atom is -0.339 e. The highest BCUT2D eigenvalue weighted by Crippen LogP contribution is 2.39. The van der Waals surface area contributed by atoms with Gasteiger partial charge in [-0.05, 0) is 31.4 Å². The van der Waals surface area contributed by atoms with E-state index in [-0.39, 0.29) is 0 Å². The van der Waals surface area contributed by atoms with Gasteiger partial charge in [-0.2, -0.15) is 4.98 Å². The smallest absolute Gasteiger partial charge is 0.230 e. The van der Waals surface area contributed by atoms with E-state index in [4.69, 9.17) is 4.52 Å². The van der Waals surface area contributed by atoms with Crippen molar-refractivity contribution in [2.24, 2.45) is 0 Å². The summed E-state index contributed by atoms with van der Waals surface area (Å²) in [6.45, 7) is 2.00. The molecule has 0 atom stereocenters. The van der Waals surface area contributed by atoms with Gasteiger partial charge >= 0.3 is 0 Å². The number of hydrogen-bond acceptors (Lipinski definition) is 4. The second kappa shape index (κ2) is 3.15. The predicted molar refractivity (Wildman–Crippen MR) is 54.2 cm³/mol. The van der Waals surface area contributed by atoms with Gasteiger partial charge in [0, 0.05) is 12.1 Å². The highest BCUT2D eigenvalue weighted by Gasteiger charge is 2.30. The van der Waals surface area contributed by atoms with Crippen molar-refractivity contribution in [1.82, 2.24) is 15.1 Å². The zero-order valence-electron chi connectivity index (χ0n) is 8.47. The first-order valence-corrected chi connectivity index (χ1v) is 5.10. The number of hydrogen-bond donors (Lipinski definition) is 0. The van der Waals surface area contributed by atoms with Crippen molar-refractivity contribution in [2.45, 2.75) is 25.7 Å². The molecule has 1 saturated carbocycles. The third-order valence-electron chi connectivity index (χ3n) is 2.59. The van der Waals surface area contributed by atoms with Gasteiger partial charge in [0.2, 0.25) is 11.7 Å². The lowest BCUT2D eigenvalue weighted by Crippen LogP contribution is -1.89. The third-order valence-corrected chi connectivity index (χ3v) is 2.59. The number of aryl methyl sites for hydroxylation is 1. The minimum absolute atomic E-state index is 0.496. The molecule has 1 aliphatic carbocycles. The van der Waals surface area contributed by atoms with Crippen molar-refractivity contribution in [3.05, 3.63) is 29.8 Å².